The van der Waals surface area contributed by atoms with Gasteiger partial charge in [0.25, 0.3) is 0 Å². The molecule has 208 valence electrons. The summed E-state index contributed by atoms with van der Waals surface area (Å²) >= 11 is 6.44. The highest BCUT2D eigenvalue weighted by Crippen LogP contribution is 2.30. The second kappa shape index (κ2) is 12.6. The first-order valence-corrected chi connectivity index (χ1v) is 13.4. The lowest BCUT2D eigenvalue weighted by molar-refractivity contribution is -0.111. The molecule has 1 unspecified atom stereocenters. The Labute approximate surface area is 242 Å². The van der Waals surface area contributed by atoms with Crippen LogP contribution >= 0.6 is 11.6 Å². The van der Waals surface area contributed by atoms with Crippen molar-refractivity contribution in [3.8, 4) is 11.3 Å². The smallest absolute Gasteiger partial charge is 0.248 e. The van der Waals surface area contributed by atoms with Gasteiger partial charge in [-0.25, -0.2) is 9.97 Å². The Morgan fingerprint density at radius 3 is 2.66 bits per heavy atom. The maximum Gasteiger partial charge on any atom is 0.248 e. The molecule has 3 aromatic carbocycles. The number of amides is 1. The van der Waals surface area contributed by atoms with Crippen molar-refractivity contribution in [3.05, 3.63) is 108 Å². The number of aliphatic hydroxyl groups is 1. The molecule has 1 atom stereocenters. The predicted octanol–water partition coefficient (Wildman–Crippen LogP) is 6.18. The van der Waals surface area contributed by atoms with Gasteiger partial charge < -0.3 is 30.9 Å². The number of aromatic nitrogens is 3. The zero-order valence-electron chi connectivity index (χ0n) is 22.6. The number of fused-ring (bicyclic) bond motifs is 1. The van der Waals surface area contributed by atoms with Gasteiger partial charge in [0.1, 0.15) is 0 Å². The second-order valence-corrected chi connectivity index (χ2v) is 10.1. The molecule has 5 aromatic rings. The average Bonchev–Trinajstić information content (AvgIpc) is 3.42. The van der Waals surface area contributed by atoms with Crippen LogP contribution in [0.25, 0.3) is 22.2 Å². The van der Waals surface area contributed by atoms with Crippen LogP contribution in [0.4, 0.5) is 23.0 Å². The summed E-state index contributed by atoms with van der Waals surface area (Å²) in [6.07, 6.45) is 5.80. The van der Waals surface area contributed by atoms with Gasteiger partial charge in [0, 0.05) is 57.9 Å². The molecule has 0 bridgehead atoms. The number of aliphatic hydroxyl groups excluding tert-OH is 1. The molecule has 0 spiro atoms. The number of hydrogen-bond donors (Lipinski definition) is 5. The summed E-state index contributed by atoms with van der Waals surface area (Å²) in [6.45, 7) is 0.681. The van der Waals surface area contributed by atoms with Crippen LogP contribution < -0.4 is 16.0 Å². The quantitative estimate of drug-likeness (QED) is 0.101. The molecule has 0 fully saturated rings. The maximum atomic E-state index is 12.1. The van der Waals surface area contributed by atoms with Crippen molar-refractivity contribution in [2.75, 3.05) is 36.6 Å². The molecule has 10 heteroatoms. The van der Waals surface area contributed by atoms with Gasteiger partial charge in [-0.3, -0.25) is 4.79 Å². The topological polar surface area (TPSA) is 118 Å². The van der Waals surface area contributed by atoms with Gasteiger partial charge in [0.2, 0.25) is 11.9 Å². The highest BCUT2D eigenvalue weighted by atomic mass is 35.5. The van der Waals surface area contributed by atoms with Gasteiger partial charge in [0.05, 0.1) is 16.9 Å². The Hall–Kier alpha value is -4.70. The molecular weight excluding hydrogens is 538 g/mol. The van der Waals surface area contributed by atoms with E-state index in [9.17, 15) is 9.90 Å². The van der Waals surface area contributed by atoms with E-state index in [4.69, 9.17) is 11.6 Å². The van der Waals surface area contributed by atoms with Crippen LogP contribution in [-0.4, -0.2) is 51.5 Å². The van der Waals surface area contributed by atoms with Crippen LogP contribution in [0.15, 0.2) is 97.3 Å². The molecule has 5 rings (SSSR count). The van der Waals surface area contributed by atoms with Gasteiger partial charge in [-0.2, -0.15) is 0 Å². The molecule has 2 aromatic heterocycles. The standard InChI is InChI=1S/C31H30ClN7O2/c1-39(2)16-4-7-28(40)35-23-11-8-20(9-12-23)30(41)36-24-5-3-6-25(18-24)37-31-34-19-26(32)29(38-31)22-10-13-27-21(17-22)14-15-33-27/h3-15,17-19,30,33,36,41H,16H2,1-2H3,(H,35,40)(H,34,37,38)/b7-4+. The number of hydrogen-bond acceptors (Lipinski definition) is 7. The number of H-pyrrole nitrogens is 1. The van der Waals surface area contributed by atoms with E-state index in [-0.39, 0.29) is 5.91 Å². The summed E-state index contributed by atoms with van der Waals surface area (Å²) in [5, 5.41) is 21.4. The van der Waals surface area contributed by atoms with Crippen molar-refractivity contribution in [2.24, 2.45) is 0 Å². The number of likely N-dealkylation sites (N-methyl/N-ethyl adjacent to an activating group) is 1. The summed E-state index contributed by atoms with van der Waals surface area (Å²) in [4.78, 5) is 26.2. The van der Waals surface area contributed by atoms with Gasteiger partial charge >= 0.3 is 0 Å². The van der Waals surface area contributed by atoms with Crippen molar-refractivity contribution in [3.63, 3.8) is 0 Å². The van der Waals surface area contributed by atoms with Crippen molar-refractivity contribution in [2.45, 2.75) is 6.23 Å². The number of nitrogens with zero attached hydrogens (tertiary/aromatic N) is 3. The second-order valence-electron chi connectivity index (χ2n) is 9.70. The van der Waals surface area contributed by atoms with Crippen LogP contribution in [0, 0.1) is 0 Å². The molecule has 2 heterocycles. The van der Waals surface area contributed by atoms with Gasteiger partial charge in [0.15, 0.2) is 6.23 Å². The summed E-state index contributed by atoms with van der Waals surface area (Å²) in [6, 6.07) is 22.4. The third-order valence-corrected chi connectivity index (χ3v) is 6.50. The maximum absolute atomic E-state index is 12.1. The fraction of sp³-hybridized carbons (Fsp3) is 0.129. The first-order valence-electron chi connectivity index (χ1n) is 13.0. The number of carbonyl (C=O) groups excluding carboxylic acids is 1. The fourth-order valence-electron chi connectivity index (χ4n) is 4.19. The molecule has 0 saturated heterocycles. The summed E-state index contributed by atoms with van der Waals surface area (Å²) in [5.41, 5.74) is 5.26. The highest BCUT2D eigenvalue weighted by Gasteiger charge is 2.11. The molecule has 5 N–H and O–H groups in total. The molecule has 0 aliphatic rings. The third-order valence-electron chi connectivity index (χ3n) is 6.23. The van der Waals surface area contributed by atoms with Crippen LogP contribution in [0.5, 0.6) is 0 Å². The Morgan fingerprint density at radius 1 is 1.05 bits per heavy atom. The van der Waals surface area contributed by atoms with E-state index in [0.717, 1.165) is 22.2 Å². The molecule has 9 nitrogen and oxygen atoms in total. The highest BCUT2D eigenvalue weighted by molar-refractivity contribution is 6.33. The minimum absolute atomic E-state index is 0.207. The van der Waals surface area contributed by atoms with Gasteiger partial charge in [-0.05, 0) is 62.6 Å². The van der Waals surface area contributed by atoms with Crippen LogP contribution in [0.2, 0.25) is 5.02 Å². The van der Waals surface area contributed by atoms with E-state index < -0.39 is 6.23 Å². The fourth-order valence-corrected chi connectivity index (χ4v) is 4.39. The van der Waals surface area contributed by atoms with E-state index >= 15 is 0 Å². The predicted molar refractivity (Wildman–Crippen MR) is 165 cm³/mol. The van der Waals surface area contributed by atoms with E-state index in [0.29, 0.717) is 40.1 Å². The molecule has 0 radical (unpaired) electrons. The number of anilines is 4. The molecule has 0 saturated carbocycles. The zero-order valence-corrected chi connectivity index (χ0v) is 23.4. The van der Waals surface area contributed by atoms with Crippen molar-refractivity contribution >= 4 is 51.4 Å². The summed E-state index contributed by atoms with van der Waals surface area (Å²) < 4.78 is 0. The van der Waals surface area contributed by atoms with Crippen LogP contribution in [0.1, 0.15) is 11.8 Å². The Bertz CT molecular complexity index is 1680. The minimum atomic E-state index is -0.961. The summed E-state index contributed by atoms with van der Waals surface area (Å²) in [7, 11) is 3.87. The molecule has 41 heavy (non-hydrogen) atoms. The number of rotatable bonds is 10. The SMILES string of the molecule is CN(C)C/C=C/C(=O)Nc1ccc(C(O)Nc2cccc(Nc3ncc(Cl)c(-c4ccc5[nH]ccc5c4)n3)c2)cc1. The number of carbonyl (C=O) groups is 1. The van der Waals surface area contributed by atoms with Gasteiger partial charge in [-0.15, -0.1) is 0 Å². The Balaban J connectivity index is 1.23. The minimum Gasteiger partial charge on any atom is -0.369 e. The Kier molecular flexibility index (Phi) is 8.59. The summed E-state index contributed by atoms with van der Waals surface area (Å²) in [5.74, 6) is 0.187. The molecule has 0 aliphatic carbocycles. The largest absolute Gasteiger partial charge is 0.369 e. The molecular formula is C31H30ClN7O2. The number of aromatic amines is 1. The van der Waals surface area contributed by atoms with Crippen molar-refractivity contribution in [1.29, 1.82) is 0 Å². The molecule has 1 amide bonds. The van der Waals surface area contributed by atoms with E-state index in [1.54, 1.807) is 36.5 Å². The van der Waals surface area contributed by atoms with Gasteiger partial charge in [-0.1, -0.05) is 41.9 Å². The number of benzene rings is 3. The first kappa shape index (κ1) is 27.9. The van der Waals surface area contributed by atoms with E-state index in [1.165, 1.54) is 6.08 Å². The van der Waals surface area contributed by atoms with Crippen LogP contribution in [-0.2, 0) is 4.79 Å². The van der Waals surface area contributed by atoms with Crippen LogP contribution in [0.3, 0.4) is 0 Å². The lowest BCUT2D eigenvalue weighted by Gasteiger charge is -2.16. The third kappa shape index (κ3) is 7.29. The number of halogens is 1. The van der Waals surface area contributed by atoms with E-state index in [2.05, 4.69) is 30.9 Å². The van der Waals surface area contributed by atoms with Crippen molar-refractivity contribution in [1.82, 2.24) is 19.9 Å². The zero-order chi connectivity index (χ0) is 28.8. The normalized spacial score (nSPS) is 12.1. The Morgan fingerprint density at radius 2 is 1.85 bits per heavy atom. The lowest BCUT2D eigenvalue weighted by atomic mass is 10.1. The van der Waals surface area contributed by atoms with Crippen molar-refractivity contribution < 1.29 is 9.90 Å². The monoisotopic (exact) mass is 567 g/mol. The molecule has 0 aliphatic heterocycles. The van der Waals surface area contributed by atoms with E-state index in [1.807, 2.05) is 73.7 Å². The first-order chi connectivity index (χ1) is 19.8. The number of nitrogens with one attached hydrogen (secondary N) is 4. The lowest BCUT2D eigenvalue weighted by Crippen LogP contribution is -2.13. The average molecular weight is 568 g/mol.